The highest BCUT2D eigenvalue weighted by Gasteiger charge is 2.45. The lowest BCUT2D eigenvalue weighted by Crippen LogP contribution is -2.32. The molecular weight excluding hydrogens is 339 g/mol. The molecule has 0 saturated heterocycles. The summed E-state index contributed by atoms with van der Waals surface area (Å²) in [7, 11) is 0. The summed E-state index contributed by atoms with van der Waals surface area (Å²) in [6.45, 7) is 6.14. The molecule has 3 rings (SSSR count). The number of hydrogen-bond donors (Lipinski definition) is 2. The van der Waals surface area contributed by atoms with Crippen molar-refractivity contribution in [2.45, 2.75) is 84.3 Å². The zero-order chi connectivity index (χ0) is 19.6. The van der Waals surface area contributed by atoms with Crippen molar-refractivity contribution in [1.29, 1.82) is 0 Å². The molecule has 2 nitrogen and oxygen atoms in total. The van der Waals surface area contributed by atoms with Gasteiger partial charge in [0, 0.05) is 0 Å². The molecule has 2 saturated carbocycles. The highest BCUT2D eigenvalue weighted by molar-refractivity contribution is 5.35. The van der Waals surface area contributed by atoms with Crippen LogP contribution in [0.4, 0.5) is 4.39 Å². The number of hydrogen-bond acceptors (Lipinski definition) is 2. The van der Waals surface area contributed by atoms with E-state index in [9.17, 15) is 14.6 Å². The summed E-state index contributed by atoms with van der Waals surface area (Å²) in [5.74, 6) is 0.830. The fourth-order valence-corrected chi connectivity index (χ4v) is 5.61. The first-order chi connectivity index (χ1) is 12.8. The van der Waals surface area contributed by atoms with Gasteiger partial charge in [-0.15, -0.1) is 0 Å². The maximum atomic E-state index is 13.2. The van der Waals surface area contributed by atoms with Gasteiger partial charge in [-0.25, -0.2) is 4.39 Å². The van der Waals surface area contributed by atoms with Gasteiger partial charge in [0.25, 0.3) is 0 Å². The van der Waals surface area contributed by atoms with E-state index in [1.807, 2.05) is 0 Å². The molecule has 27 heavy (non-hydrogen) atoms. The maximum absolute atomic E-state index is 13.2. The van der Waals surface area contributed by atoms with Crippen LogP contribution in [0.2, 0.25) is 0 Å². The van der Waals surface area contributed by atoms with Gasteiger partial charge >= 0.3 is 0 Å². The Hall–Kier alpha value is -1.19. The minimum atomic E-state index is -0.414. The number of halogens is 1. The van der Waals surface area contributed by atoms with E-state index in [2.05, 4.69) is 32.1 Å². The quantitative estimate of drug-likeness (QED) is 0.612. The van der Waals surface area contributed by atoms with Gasteiger partial charge < -0.3 is 10.2 Å². The third kappa shape index (κ3) is 4.63. The Labute approximate surface area is 163 Å². The van der Waals surface area contributed by atoms with E-state index in [1.54, 1.807) is 6.08 Å². The minimum Gasteiger partial charge on any atom is -0.393 e. The summed E-state index contributed by atoms with van der Waals surface area (Å²) >= 11 is 0. The molecule has 2 fully saturated rings. The van der Waals surface area contributed by atoms with E-state index >= 15 is 0 Å². The van der Waals surface area contributed by atoms with Gasteiger partial charge in [0.05, 0.1) is 18.0 Å². The first-order valence-corrected chi connectivity index (χ1v) is 10.6. The Morgan fingerprint density at radius 3 is 2.67 bits per heavy atom. The molecule has 150 valence electrons. The van der Waals surface area contributed by atoms with Crippen LogP contribution in [-0.4, -0.2) is 22.4 Å². The zero-order valence-corrected chi connectivity index (χ0v) is 17.0. The molecule has 3 heteroatoms. The van der Waals surface area contributed by atoms with E-state index in [1.165, 1.54) is 30.9 Å². The molecule has 0 unspecified atom stereocenters. The van der Waals surface area contributed by atoms with E-state index in [-0.39, 0.29) is 11.2 Å². The molecule has 0 aromatic rings. The monoisotopic (exact) mass is 374 g/mol. The molecule has 0 aliphatic heterocycles. The van der Waals surface area contributed by atoms with Crippen LogP contribution in [0.3, 0.4) is 0 Å². The predicted molar refractivity (Wildman–Crippen MR) is 109 cm³/mol. The second kappa shape index (κ2) is 8.45. The number of fused-ring (bicyclic) bond motifs is 1. The lowest BCUT2D eigenvalue weighted by molar-refractivity contribution is 0.0609. The predicted octanol–water partition coefficient (Wildman–Crippen LogP) is 5.78. The van der Waals surface area contributed by atoms with Crippen molar-refractivity contribution in [3.05, 3.63) is 46.9 Å². The minimum absolute atomic E-state index is 0.0881. The van der Waals surface area contributed by atoms with E-state index < -0.39 is 12.2 Å². The zero-order valence-electron chi connectivity index (χ0n) is 17.0. The van der Waals surface area contributed by atoms with Crippen LogP contribution < -0.4 is 0 Å². The topological polar surface area (TPSA) is 40.5 Å². The third-order valence-electron chi connectivity index (χ3n) is 6.97. The standard InChI is InChI=1S/C24H35FO2/c1-16(6-7-17(2)25)22-10-11-23-19(5-4-12-24(22,23)3)9-8-18-13-20(26)15-21(27)14-18/h7-10,16,20-21,23,26-27H,4-6,11-15H2,1-3H3/b17-7-,19-9+/t16-,20-,21-,23+,24-/m1/s1. The van der Waals surface area contributed by atoms with Gasteiger partial charge in [-0.1, -0.05) is 54.9 Å². The molecule has 0 amide bonds. The van der Waals surface area contributed by atoms with Crippen LogP contribution in [0, 0.1) is 17.3 Å². The Balaban J connectivity index is 1.75. The summed E-state index contributed by atoms with van der Waals surface area (Å²) in [6, 6.07) is 0. The van der Waals surface area contributed by atoms with Crippen LogP contribution in [0.1, 0.15) is 72.1 Å². The summed E-state index contributed by atoms with van der Waals surface area (Å²) < 4.78 is 13.2. The fraction of sp³-hybridized carbons (Fsp3) is 0.667. The van der Waals surface area contributed by atoms with Crippen molar-refractivity contribution in [2.75, 3.05) is 0 Å². The molecule has 2 N–H and O–H groups in total. The smallest absolute Gasteiger partial charge is 0.0929 e. The molecule has 3 aliphatic carbocycles. The SMILES string of the molecule is C/C(F)=C/C[C@@H](C)C1=CC[C@H]2/C(=C/C=C3C[C@@H](O)C[C@H](O)C3)CCC[C@]12C. The van der Waals surface area contributed by atoms with Crippen LogP contribution in [-0.2, 0) is 0 Å². The second-order valence-corrected chi connectivity index (χ2v) is 9.16. The second-order valence-electron chi connectivity index (χ2n) is 9.16. The molecule has 0 aromatic heterocycles. The highest BCUT2D eigenvalue weighted by Crippen LogP contribution is 2.56. The summed E-state index contributed by atoms with van der Waals surface area (Å²) in [6.07, 6.45) is 15.0. The van der Waals surface area contributed by atoms with Crippen LogP contribution in [0.25, 0.3) is 0 Å². The van der Waals surface area contributed by atoms with Gasteiger partial charge in [-0.3, -0.25) is 0 Å². The van der Waals surface area contributed by atoms with E-state index in [4.69, 9.17) is 0 Å². The van der Waals surface area contributed by atoms with Crippen LogP contribution in [0.5, 0.6) is 0 Å². The Morgan fingerprint density at radius 2 is 2.00 bits per heavy atom. The molecule has 0 aromatic carbocycles. The number of rotatable bonds is 4. The van der Waals surface area contributed by atoms with Crippen molar-refractivity contribution in [1.82, 2.24) is 0 Å². The summed E-state index contributed by atoms with van der Waals surface area (Å²) in [5.41, 5.74) is 4.35. The van der Waals surface area contributed by atoms with Gasteiger partial charge in [-0.05, 0) is 75.5 Å². The van der Waals surface area contributed by atoms with E-state index in [0.29, 0.717) is 31.1 Å². The van der Waals surface area contributed by atoms with Crippen molar-refractivity contribution in [3.8, 4) is 0 Å². The number of aliphatic hydroxyl groups is 2. The molecule has 0 heterocycles. The van der Waals surface area contributed by atoms with Crippen molar-refractivity contribution >= 4 is 0 Å². The molecule has 0 spiro atoms. The average Bonchev–Trinajstić information content (AvgIpc) is 2.94. The first kappa shape index (κ1) is 20.5. The third-order valence-corrected chi connectivity index (χ3v) is 6.97. The highest BCUT2D eigenvalue weighted by atomic mass is 19.1. The summed E-state index contributed by atoms with van der Waals surface area (Å²) in [4.78, 5) is 0. The van der Waals surface area contributed by atoms with E-state index in [0.717, 1.165) is 24.8 Å². The Morgan fingerprint density at radius 1 is 1.30 bits per heavy atom. The Kier molecular flexibility index (Phi) is 6.43. The molecule has 3 aliphatic rings. The fourth-order valence-electron chi connectivity index (χ4n) is 5.61. The van der Waals surface area contributed by atoms with Crippen molar-refractivity contribution in [3.63, 3.8) is 0 Å². The van der Waals surface area contributed by atoms with Crippen LogP contribution >= 0.6 is 0 Å². The number of aliphatic hydroxyl groups excluding tert-OH is 2. The number of allylic oxidation sites excluding steroid dienone is 7. The van der Waals surface area contributed by atoms with Gasteiger partial charge in [0.1, 0.15) is 0 Å². The normalized spacial score (nSPS) is 37.2. The average molecular weight is 375 g/mol. The van der Waals surface area contributed by atoms with Gasteiger partial charge in [0.15, 0.2) is 0 Å². The first-order valence-electron chi connectivity index (χ1n) is 10.6. The molecular formula is C24H35FO2. The van der Waals surface area contributed by atoms with Gasteiger partial charge in [0.2, 0.25) is 0 Å². The lowest BCUT2D eigenvalue weighted by Gasteiger charge is -2.42. The Bertz CT molecular complexity index is 656. The van der Waals surface area contributed by atoms with Crippen molar-refractivity contribution in [2.24, 2.45) is 17.3 Å². The van der Waals surface area contributed by atoms with Crippen LogP contribution in [0.15, 0.2) is 46.9 Å². The van der Waals surface area contributed by atoms with Gasteiger partial charge in [-0.2, -0.15) is 0 Å². The maximum Gasteiger partial charge on any atom is 0.0929 e. The molecule has 0 bridgehead atoms. The lowest BCUT2D eigenvalue weighted by atomic mass is 9.62. The summed E-state index contributed by atoms with van der Waals surface area (Å²) in [5, 5.41) is 19.8. The molecule has 5 atom stereocenters. The molecule has 0 radical (unpaired) electrons. The largest absolute Gasteiger partial charge is 0.393 e. The van der Waals surface area contributed by atoms with Crippen molar-refractivity contribution < 1.29 is 14.6 Å².